The van der Waals surface area contributed by atoms with Gasteiger partial charge in [-0.2, -0.15) is 12.8 Å². The molecule has 1 unspecified atom stereocenters. The number of nitrogens with one attached hydrogen (secondary N) is 1. The summed E-state index contributed by atoms with van der Waals surface area (Å²) in [4.78, 5) is 13.2. The van der Waals surface area contributed by atoms with Crippen LogP contribution in [0.3, 0.4) is 0 Å². The van der Waals surface area contributed by atoms with Crippen LogP contribution < -0.4 is 4.72 Å². The van der Waals surface area contributed by atoms with Gasteiger partial charge in [-0.15, -0.1) is 0 Å². The van der Waals surface area contributed by atoms with Crippen molar-refractivity contribution in [2.24, 2.45) is 4.40 Å². The van der Waals surface area contributed by atoms with Gasteiger partial charge in [0.05, 0.1) is 26.0 Å². The maximum atomic E-state index is 13.2. The number of fused-ring (bicyclic) bond motifs is 1. The van der Waals surface area contributed by atoms with Crippen LogP contribution in [-0.2, 0) is 19.7 Å². The second-order valence-electron chi connectivity index (χ2n) is 6.93. The maximum absolute atomic E-state index is 13.2. The van der Waals surface area contributed by atoms with Crippen LogP contribution in [0.1, 0.15) is 15.9 Å². The molecule has 1 atom stereocenters. The molecule has 3 aromatic carbocycles. The summed E-state index contributed by atoms with van der Waals surface area (Å²) in [5.74, 6) is 2.66. The molecule has 0 aromatic heterocycles. The van der Waals surface area contributed by atoms with Crippen LogP contribution in [0.5, 0.6) is 0 Å². The van der Waals surface area contributed by atoms with Crippen molar-refractivity contribution >= 4 is 37.1 Å². The minimum absolute atomic E-state index is 0.0183. The van der Waals surface area contributed by atoms with Crippen molar-refractivity contribution in [3.8, 4) is 0 Å². The Morgan fingerprint density at radius 1 is 0.781 bits per heavy atom. The zero-order valence-corrected chi connectivity index (χ0v) is 18.2. The van der Waals surface area contributed by atoms with Crippen molar-refractivity contribution in [1.82, 2.24) is 4.72 Å². The van der Waals surface area contributed by atoms with Crippen LogP contribution >= 0.6 is 0 Å². The predicted molar refractivity (Wildman–Crippen MR) is 122 cm³/mol. The van der Waals surface area contributed by atoms with Gasteiger partial charge in [0.2, 0.25) is 5.78 Å². The highest BCUT2D eigenvalue weighted by Gasteiger charge is 2.27. The Balaban J connectivity index is 1.82. The minimum Gasteiger partial charge on any atom is -0.306 e. The van der Waals surface area contributed by atoms with E-state index in [1.165, 1.54) is 12.1 Å². The van der Waals surface area contributed by atoms with E-state index in [2.05, 4.69) is 15.0 Å². The number of rotatable bonds is 5. The number of hydrogen-bond acceptors (Lipinski definition) is 4. The number of hydrogen-bond donors (Lipinski definition) is 1. The Morgan fingerprint density at radius 3 is 2.03 bits per heavy atom. The van der Waals surface area contributed by atoms with Gasteiger partial charge in [0.25, 0.3) is 10.0 Å². The van der Waals surface area contributed by atoms with Crippen molar-refractivity contribution in [1.29, 1.82) is 0 Å². The third kappa shape index (κ3) is 4.25. The number of ketones is 1. The fraction of sp³-hybridized carbons (Fsp3) is 0. The summed E-state index contributed by atoms with van der Waals surface area (Å²) in [6, 6.07) is 19.0. The number of nitrogens with zero attached hydrogens (tertiary/aromatic N) is 1. The topological polar surface area (TPSA) is 92.7 Å². The largest absolute Gasteiger partial charge is 0.306 e. The minimum atomic E-state index is -4.21. The van der Waals surface area contributed by atoms with Gasteiger partial charge in [-0.1, -0.05) is 42.5 Å². The summed E-state index contributed by atoms with van der Waals surface area (Å²) in [6.07, 6.45) is 1.24. The van der Waals surface area contributed by atoms with Gasteiger partial charge >= 0.3 is 0 Å². The van der Waals surface area contributed by atoms with E-state index in [9.17, 15) is 21.8 Å². The molecule has 1 aliphatic rings. The molecule has 6 nitrogen and oxygen atoms in total. The van der Waals surface area contributed by atoms with E-state index in [0.717, 1.165) is 24.3 Å². The quantitative estimate of drug-likeness (QED) is 0.581. The van der Waals surface area contributed by atoms with E-state index >= 15 is 0 Å². The Kier molecular flexibility index (Phi) is 5.53. The Bertz CT molecular complexity index is 1480. The van der Waals surface area contributed by atoms with Gasteiger partial charge in [-0.25, -0.2) is 8.60 Å². The van der Waals surface area contributed by atoms with E-state index in [1.807, 2.05) is 0 Å². The van der Waals surface area contributed by atoms with Crippen LogP contribution in [0, 0.1) is 5.82 Å². The maximum Gasteiger partial charge on any atom is 0.282 e. The van der Waals surface area contributed by atoms with Crippen LogP contribution in [0.15, 0.2) is 105 Å². The lowest BCUT2D eigenvalue weighted by Crippen LogP contribution is -2.31. The third-order valence-electron chi connectivity index (χ3n) is 4.70. The van der Waals surface area contributed by atoms with Crippen LogP contribution in [0.4, 0.5) is 4.39 Å². The van der Waals surface area contributed by atoms with E-state index in [1.54, 1.807) is 48.5 Å². The summed E-state index contributed by atoms with van der Waals surface area (Å²) < 4.78 is 58.5. The summed E-state index contributed by atoms with van der Waals surface area (Å²) >= 11 is 0. The summed E-state index contributed by atoms with van der Waals surface area (Å²) in [6.45, 7) is 0. The van der Waals surface area contributed by atoms with Crippen molar-refractivity contribution < 1.29 is 21.8 Å². The monoisotopic (exact) mass is 468 g/mol. The highest BCUT2D eigenvalue weighted by atomic mass is 32.2. The lowest BCUT2D eigenvalue weighted by Gasteiger charge is -2.20. The molecule has 3 aromatic rings. The summed E-state index contributed by atoms with van der Waals surface area (Å²) in [5, 5.41) is 0. The molecule has 0 spiro atoms. The van der Waals surface area contributed by atoms with E-state index in [0.29, 0.717) is 10.5 Å². The molecule has 0 aliphatic heterocycles. The molecule has 162 valence electrons. The first-order valence-electron chi connectivity index (χ1n) is 9.34. The Hall–Kier alpha value is -3.56. The lowest BCUT2D eigenvalue weighted by molar-refractivity contribution is 0.102. The molecule has 1 N–H and O–H groups in total. The highest BCUT2D eigenvalue weighted by molar-refractivity contribution is 7.98. The van der Waals surface area contributed by atoms with Crippen molar-refractivity contribution in [2.75, 3.05) is 0 Å². The Labute approximate surface area is 185 Å². The van der Waals surface area contributed by atoms with E-state index < -0.39 is 31.3 Å². The third-order valence-corrected chi connectivity index (χ3v) is 7.59. The molecule has 0 saturated heterocycles. The van der Waals surface area contributed by atoms with Crippen molar-refractivity contribution in [3.63, 3.8) is 0 Å². The first kappa shape index (κ1) is 21.7. The zero-order valence-electron chi connectivity index (χ0n) is 16.6. The second kappa shape index (κ2) is 8.18. The normalized spacial score (nSPS) is 16.7. The number of sulfonamides is 1. The smallest absolute Gasteiger partial charge is 0.282 e. The number of halogens is 1. The molecule has 9 heteroatoms. The number of carbonyl (C=O) groups excluding carboxylic acids is 1. The first-order chi connectivity index (χ1) is 15.2. The van der Waals surface area contributed by atoms with Gasteiger partial charge in [0.1, 0.15) is 5.82 Å². The van der Waals surface area contributed by atoms with Crippen LogP contribution in [0.2, 0.25) is 0 Å². The molecular weight excluding hydrogens is 451 g/mol. The fourth-order valence-corrected chi connectivity index (χ4v) is 5.36. The van der Waals surface area contributed by atoms with Gasteiger partial charge in [0.15, 0.2) is 0 Å². The summed E-state index contributed by atoms with van der Waals surface area (Å²) in [5.41, 5.74) is 0.397. The first-order valence-corrected chi connectivity index (χ1v) is 12.5. The second-order valence-corrected chi connectivity index (χ2v) is 10.6. The average Bonchev–Trinajstić information content (AvgIpc) is 2.77. The van der Waals surface area contributed by atoms with Gasteiger partial charge in [0, 0.05) is 16.0 Å². The van der Waals surface area contributed by atoms with Gasteiger partial charge in [-0.3, -0.25) is 4.79 Å². The van der Waals surface area contributed by atoms with Crippen molar-refractivity contribution in [2.45, 2.75) is 9.79 Å². The molecular formula is C23H17FN2O4S2. The number of allylic oxidation sites excluding steroid dienone is 2. The fourth-order valence-electron chi connectivity index (χ4n) is 3.15. The highest BCUT2D eigenvalue weighted by Crippen LogP contribution is 2.24. The van der Waals surface area contributed by atoms with Crippen molar-refractivity contribution in [3.05, 3.63) is 108 Å². The van der Waals surface area contributed by atoms with Crippen LogP contribution in [-0.4, -0.2) is 30.0 Å². The zero-order chi connectivity index (χ0) is 22.9. The molecule has 0 heterocycles. The van der Waals surface area contributed by atoms with Crippen LogP contribution in [0.25, 0.3) is 0 Å². The van der Waals surface area contributed by atoms with Gasteiger partial charge < -0.3 is 4.72 Å². The number of benzene rings is 3. The molecule has 0 bridgehead atoms. The van der Waals surface area contributed by atoms with E-state index in [4.69, 9.17) is 0 Å². The molecule has 4 rings (SSSR count). The molecule has 0 amide bonds. The molecule has 1 aliphatic carbocycles. The lowest BCUT2D eigenvalue weighted by atomic mass is 9.93. The number of carbonyl (C=O) groups is 1. The van der Waals surface area contributed by atoms with Gasteiger partial charge in [-0.05, 0) is 48.3 Å². The van der Waals surface area contributed by atoms with E-state index in [-0.39, 0.29) is 21.9 Å². The molecule has 0 saturated carbocycles. The predicted octanol–water partition coefficient (Wildman–Crippen LogP) is 3.36. The Morgan fingerprint density at radius 2 is 1.38 bits per heavy atom. The average molecular weight is 469 g/mol. The summed E-state index contributed by atoms with van der Waals surface area (Å²) in [7, 11) is -7.31. The standard InChI is InChI=1S/C23H17FN2O4S2/c1-31(28,17-7-3-2-4-8-17)25-22-15-21(19-9-5-6-10-20(19)23(22)27)26-32(29,30)18-13-11-16(24)12-14-18/h2-15H,1H2,(H,25,28). The SMILES string of the molecule is C=S(=O)(NC1=CC(=NS(=O)(=O)c2ccc(F)cc2)c2ccccc2C1=O)c1ccccc1. The molecule has 32 heavy (non-hydrogen) atoms. The molecule has 0 fully saturated rings. The molecule has 0 radical (unpaired) electrons. The number of Topliss-reactive ketones (excluding diaryl/α,β-unsaturated/α-hetero) is 1.